The Morgan fingerprint density at radius 2 is 1.38 bits per heavy atom. The fourth-order valence-corrected chi connectivity index (χ4v) is 0.201. The van der Waals surface area contributed by atoms with E-state index in [1.165, 1.54) is 21.1 Å². The number of carbonyl (C=O) groups is 1. The number of hydrogen-bond acceptors (Lipinski definition) is 5. The van der Waals surface area contributed by atoms with Crippen LogP contribution in [-0.4, -0.2) is 38.3 Å². The van der Waals surface area contributed by atoms with E-state index in [4.69, 9.17) is 5.11 Å². The summed E-state index contributed by atoms with van der Waals surface area (Å²) >= 11 is 0. The minimum Gasteiger partial charge on any atom is -0.383 e. The maximum Gasteiger partial charge on any atom is 0.246 e. The molecule has 0 aromatic heterocycles. The van der Waals surface area contributed by atoms with Gasteiger partial charge in [-0.1, -0.05) is 6.92 Å². The van der Waals surface area contributed by atoms with Crippen LogP contribution >= 0.6 is 0 Å². The smallest absolute Gasteiger partial charge is 0.246 e. The molecule has 0 rings (SSSR count). The van der Waals surface area contributed by atoms with Crippen molar-refractivity contribution >= 4 is 5.91 Å². The molecule has 0 spiro atoms. The number of aliphatic hydroxyl groups is 1. The van der Waals surface area contributed by atoms with Gasteiger partial charge < -0.3 is 28.0 Å². The predicted octanol–water partition coefficient (Wildman–Crippen LogP) is -2.03. The van der Waals surface area contributed by atoms with Gasteiger partial charge in [-0.15, -0.1) is 0 Å². The summed E-state index contributed by atoms with van der Waals surface area (Å²) in [7, 11) is 4.50. The van der Waals surface area contributed by atoms with E-state index in [-0.39, 0.29) is 0 Å². The third kappa shape index (κ3) is 34.8. The molecule has 0 heterocycles. The highest BCUT2D eigenvalue weighted by molar-refractivity contribution is 5.78. The van der Waals surface area contributed by atoms with Crippen molar-refractivity contribution in [3.8, 4) is 0 Å². The van der Waals surface area contributed by atoms with Gasteiger partial charge in [0.15, 0.2) is 0 Å². The first-order valence-corrected chi connectivity index (χ1v) is 3.89. The third-order valence-electron chi connectivity index (χ3n) is 0.715. The Kier molecular flexibility index (Phi) is 53.0. The van der Waals surface area contributed by atoms with Gasteiger partial charge >= 0.3 is 0 Å². The van der Waals surface area contributed by atoms with Crippen LogP contribution in [0, 0.1) is 0 Å². The average Bonchev–Trinajstić information content (AvgIpc) is 2.25. The first-order chi connectivity index (χ1) is 6.18. The number of carbonyl (C=O) groups excluding carboxylic acids is 1. The van der Waals surface area contributed by atoms with Gasteiger partial charge in [0.05, 0.1) is 0 Å². The Bertz CT molecular complexity index is 80.9. The number of amides is 1. The van der Waals surface area contributed by atoms with Crippen molar-refractivity contribution in [2.75, 3.05) is 21.1 Å². The van der Waals surface area contributed by atoms with Crippen LogP contribution in [0.4, 0.5) is 0 Å². The molecule has 0 aliphatic carbocycles. The van der Waals surface area contributed by atoms with Crippen molar-refractivity contribution in [3.63, 3.8) is 0 Å². The highest BCUT2D eigenvalue weighted by Crippen LogP contribution is 1.84. The zero-order valence-corrected chi connectivity index (χ0v) is 8.95. The van der Waals surface area contributed by atoms with Crippen LogP contribution in [0.1, 0.15) is 13.3 Å². The summed E-state index contributed by atoms with van der Waals surface area (Å²) in [5, 5.41) is 8.46. The van der Waals surface area contributed by atoms with Gasteiger partial charge in [0.2, 0.25) is 5.91 Å². The fourth-order valence-electron chi connectivity index (χ4n) is 0.201. The molecule has 0 fully saturated rings. The molecule has 0 aromatic rings. The lowest BCUT2D eigenvalue weighted by Crippen LogP contribution is -2.26. The number of primary amides is 1. The van der Waals surface area contributed by atoms with Crippen LogP contribution < -0.4 is 22.9 Å². The SMILES string of the molecule is CCC(O)C(N)=O.CN.CN.CN. The van der Waals surface area contributed by atoms with Gasteiger partial charge in [-0.25, -0.2) is 0 Å². The van der Waals surface area contributed by atoms with E-state index < -0.39 is 12.0 Å². The second kappa shape index (κ2) is 30.2. The molecule has 1 amide bonds. The van der Waals surface area contributed by atoms with Crippen molar-refractivity contribution in [1.29, 1.82) is 0 Å². The molecular formula is C7H24N4O2. The summed E-state index contributed by atoms with van der Waals surface area (Å²) < 4.78 is 0. The molecule has 0 aromatic carbocycles. The Balaban J connectivity index is -0.0000000573. The molecular weight excluding hydrogens is 172 g/mol. The molecule has 13 heavy (non-hydrogen) atoms. The second-order valence-electron chi connectivity index (χ2n) is 1.33. The summed E-state index contributed by atoms with van der Waals surface area (Å²) in [5.41, 5.74) is 18.2. The summed E-state index contributed by atoms with van der Waals surface area (Å²) in [6.45, 7) is 1.69. The quantitative estimate of drug-likeness (QED) is 0.346. The molecule has 0 saturated carbocycles. The van der Waals surface area contributed by atoms with Gasteiger partial charge in [-0.3, -0.25) is 4.79 Å². The lowest BCUT2D eigenvalue weighted by atomic mass is 10.3. The standard InChI is InChI=1S/C4H9NO2.3CH5N/c1-2-3(6)4(5)7;3*1-2/h3,6H,2H2,1H3,(H2,5,7);3*2H2,1H3. The minimum atomic E-state index is -0.958. The Hall–Kier alpha value is -0.690. The lowest BCUT2D eigenvalue weighted by molar-refractivity contribution is -0.126. The van der Waals surface area contributed by atoms with Crippen LogP contribution in [0.15, 0.2) is 0 Å². The van der Waals surface area contributed by atoms with Crippen molar-refractivity contribution in [2.24, 2.45) is 22.9 Å². The Morgan fingerprint density at radius 1 is 1.15 bits per heavy atom. The van der Waals surface area contributed by atoms with Crippen LogP contribution in [0.5, 0.6) is 0 Å². The van der Waals surface area contributed by atoms with E-state index in [0.29, 0.717) is 6.42 Å². The van der Waals surface area contributed by atoms with E-state index in [1.54, 1.807) is 6.92 Å². The van der Waals surface area contributed by atoms with Gasteiger partial charge in [0.1, 0.15) is 6.10 Å². The molecule has 1 unspecified atom stereocenters. The maximum absolute atomic E-state index is 9.90. The van der Waals surface area contributed by atoms with Crippen molar-refractivity contribution in [3.05, 3.63) is 0 Å². The van der Waals surface area contributed by atoms with E-state index in [2.05, 4.69) is 22.9 Å². The average molecular weight is 196 g/mol. The Morgan fingerprint density at radius 3 is 1.38 bits per heavy atom. The molecule has 6 heteroatoms. The maximum atomic E-state index is 9.90. The topological polar surface area (TPSA) is 141 Å². The molecule has 6 nitrogen and oxygen atoms in total. The monoisotopic (exact) mass is 196 g/mol. The van der Waals surface area contributed by atoms with E-state index in [0.717, 1.165) is 0 Å². The van der Waals surface area contributed by atoms with Crippen LogP contribution in [0.2, 0.25) is 0 Å². The van der Waals surface area contributed by atoms with Crippen LogP contribution in [0.25, 0.3) is 0 Å². The van der Waals surface area contributed by atoms with Crippen LogP contribution in [0.3, 0.4) is 0 Å². The van der Waals surface area contributed by atoms with E-state index in [1.807, 2.05) is 0 Å². The Labute approximate surface area is 80.3 Å². The van der Waals surface area contributed by atoms with Crippen LogP contribution in [-0.2, 0) is 4.79 Å². The number of nitrogens with two attached hydrogens (primary N) is 4. The molecule has 1 atom stereocenters. The summed E-state index contributed by atoms with van der Waals surface area (Å²) in [4.78, 5) is 9.90. The molecule has 0 saturated heterocycles. The second-order valence-corrected chi connectivity index (χ2v) is 1.33. The highest BCUT2D eigenvalue weighted by atomic mass is 16.3. The fraction of sp³-hybridized carbons (Fsp3) is 0.857. The first kappa shape index (κ1) is 22.8. The molecule has 0 bridgehead atoms. The van der Waals surface area contributed by atoms with Gasteiger partial charge in [0.25, 0.3) is 0 Å². The first-order valence-electron chi connectivity index (χ1n) is 3.89. The van der Waals surface area contributed by atoms with Crippen molar-refractivity contribution in [1.82, 2.24) is 0 Å². The predicted molar refractivity (Wildman–Crippen MR) is 55.8 cm³/mol. The zero-order chi connectivity index (χ0) is 11.9. The molecule has 0 radical (unpaired) electrons. The van der Waals surface area contributed by atoms with E-state index in [9.17, 15) is 4.79 Å². The van der Waals surface area contributed by atoms with Gasteiger partial charge in [0, 0.05) is 0 Å². The van der Waals surface area contributed by atoms with Gasteiger partial charge in [-0.2, -0.15) is 0 Å². The van der Waals surface area contributed by atoms with Crippen molar-refractivity contribution in [2.45, 2.75) is 19.4 Å². The number of aliphatic hydroxyl groups excluding tert-OH is 1. The normalized spacial score (nSPS) is 8.62. The van der Waals surface area contributed by atoms with Crippen molar-refractivity contribution < 1.29 is 9.90 Å². The number of hydrogen-bond donors (Lipinski definition) is 5. The molecule has 9 N–H and O–H groups in total. The third-order valence-corrected chi connectivity index (χ3v) is 0.715. The minimum absolute atomic E-state index is 0.398. The summed E-state index contributed by atoms with van der Waals surface area (Å²) in [5.74, 6) is -0.650. The molecule has 0 aliphatic heterocycles. The summed E-state index contributed by atoms with van der Waals surface area (Å²) in [6.07, 6.45) is -0.560. The molecule has 0 aliphatic rings. The van der Waals surface area contributed by atoms with Gasteiger partial charge in [-0.05, 0) is 27.6 Å². The largest absolute Gasteiger partial charge is 0.383 e. The lowest BCUT2D eigenvalue weighted by Gasteiger charge is -1.97. The zero-order valence-electron chi connectivity index (χ0n) is 8.95. The number of rotatable bonds is 2. The highest BCUT2D eigenvalue weighted by Gasteiger charge is 2.04. The molecule has 84 valence electrons. The van der Waals surface area contributed by atoms with E-state index >= 15 is 0 Å². The summed E-state index contributed by atoms with van der Waals surface area (Å²) in [6, 6.07) is 0.